The van der Waals surface area contributed by atoms with Gasteiger partial charge in [0.2, 0.25) is 5.91 Å². The van der Waals surface area contributed by atoms with Crippen LogP contribution in [0.5, 0.6) is 0 Å². The van der Waals surface area contributed by atoms with Crippen molar-refractivity contribution in [2.45, 2.75) is 18.9 Å². The first-order valence-electron chi connectivity index (χ1n) is 6.92. The predicted octanol–water partition coefficient (Wildman–Crippen LogP) is 1.41. The Kier molecular flexibility index (Phi) is 5.12. The lowest BCUT2D eigenvalue weighted by molar-refractivity contribution is -0.116. The molecule has 122 valence electrons. The zero-order valence-electron chi connectivity index (χ0n) is 12.2. The van der Waals surface area contributed by atoms with Gasteiger partial charge in [0.05, 0.1) is 17.2 Å². The minimum absolute atomic E-state index is 0.0718. The molecule has 1 heterocycles. The molecule has 0 bridgehead atoms. The molecule has 1 aliphatic heterocycles. The van der Waals surface area contributed by atoms with Crippen LogP contribution in [-0.2, 0) is 14.6 Å². The van der Waals surface area contributed by atoms with Crippen molar-refractivity contribution in [2.75, 3.05) is 30.4 Å². The van der Waals surface area contributed by atoms with Crippen molar-refractivity contribution in [1.29, 1.82) is 0 Å². The summed E-state index contributed by atoms with van der Waals surface area (Å²) in [5.41, 5.74) is -0.0718. The molecule has 1 saturated heterocycles. The number of hydrogen-bond donors (Lipinski definition) is 1. The molecule has 0 radical (unpaired) electrons. The van der Waals surface area contributed by atoms with Gasteiger partial charge in [0.25, 0.3) is 0 Å². The minimum Gasteiger partial charge on any atom is -0.324 e. The quantitative estimate of drug-likeness (QED) is 0.885. The molecule has 1 amide bonds. The van der Waals surface area contributed by atoms with Crippen LogP contribution in [0.15, 0.2) is 18.2 Å². The van der Waals surface area contributed by atoms with Gasteiger partial charge in [-0.1, -0.05) is 0 Å². The molecule has 1 aromatic rings. The van der Waals surface area contributed by atoms with Gasteiger partial charge in [0, 0.05) is 25.1 Å². The van der Waals surface area contributed by atoms with E-state index in [2.05, 4.69) is 5.32 Å². The van der Waals surface area contributed by atoms with E-state index in [-0.39, 0.29) is 29.7 Å². The number of carbonyl (C=O) groups is 1. The number of hydrogen-bond acceptors (Lipinski definition) is 4. The Morgan fingerprint density at radius 1 is 1.41 bits per heavy atom. The number of nitrogens with zero attached hydrogens (tertiary/aromatic N) is 1. The first-order chi connectivity index (χ1) is 10.3. The first kappa shape index (κ1) is 16.8. The minimum atomic E-state index is -2.96. The van der Waals surface area contributed by atoms with Crippen molar-refractivity contribution in [3.05, 3.63) is 29.8 Å². The lowest BCUT2D eigenvalue weighted by atomic mass is 10.2. The van der Waals surface area contributed by atoms with Gasteiger partial charge in [-0.2, -0.15) is 0 Å². The molecule has 1 atom stereocenters. The highest BCUT2D eigenvalue weighted by Crippen LogP contribution is 2.17. The Labute approximate surface area is 128 Å². The zero-order valence-corrected chi connectivity index (χ0v) is 13.0. The Hall–Kier alpha value is -1.54. The van der Waals surface area contributed by atoms with Crippen molar-refractivity contribution in [3.8, 4) is 0 Å². The average molecular weight is 332 g/mol. The summed E-state index contributed by atoms with van der Waals surface area (Å²) in [5.74, 6) is -1.66. The van der Waals surface area contributed by atoms with Crippen molar-refractivity contribution >= 4 is 21.4 Å². The molecule has 0 aliphatic carbocycles. The molecule has 0 spiro atoms. The zero-order chi connectivity index (χ0) is 16.3. The van der Waals surface area contributed by atoms with Crippen LogP contribution in [0.1, 0.15) is 12.8 Å². The second-order valence-corrected chi connectivity index (χ2v) is 7.69. The number of benzene rings is 1. The highest BCUT2D eigenvalue weighted by Gasteiger charge is 2.30. The van der Waals surface area contributed by atoms with Crippen LogP contribution in [0.25, 0.3) is 0 Å². The van der Waals surface area contributed by atoms with Crippen LogP contribution in [0.3, 0.4) is 0 Å². The molecular formula is C14H18F2N2O3S. The lowest BCUT2D eigenvalue weighted by Crippen LogP contribution is -2.35. The number of nitrogens with one attached hydrogen (secondary N) is 1. The maximum atomic E-state index is 13.4. The predicted molar refractivity (Wildman–Crippen MR) is 79.3 cm³/mol. The van der Waals surface area contributed by atoms with Crippen LogP contribution in [0, 0.1) is 11.6 Å². The van der Waals surface area contributed by atoms with Crippen molar-refractivity contribution < 1.29 is 22.0 Å². The summed E-state index contributed by atoms with van der Waals surface area (Å²) in [6.45, 7) is 0.370. The van der Waals surface area contributed by atoms with Gasteiger partial charge >= 0.3 is 0 Å². The van der Waals surface area contributed by atoms with E-state index in [1.54, 1.807) is 7.05 Å². The largest absolute Gasteiger partial charge is 0.324 e. The topological polar surface area (TPSA) is 66.5 Å². The van der Waals surface area contributed by atoms with Crippen molar-refractivity contribution in [3.63, 3.8) is 0 Å². The fourth-order valence-corrected chi connectivity index (χ4v) is 4.19. The highest BCUT2D eigenvalue weighted by atomic mass is 32.2. The molecular weight excluding hydrogens is 314 g/mol. The van der Waals surface area contributed by atoms with E-state index >= 15 is 0 Å². The van der Waals surface area contributed by atoms with Gasteiger partial charge in [0.15, 0.2) is 9.84 Å². The third-order valence-electron chi connectivity index (χ3n) is 3.73. The summed E-state index contributed by atoms with van der Waals surface area (Å²) in [4.78, 5) is 13.6. The Bertz CT molecular complexity index is 664. The normalized spacial score (nSPS) is 20.3. The SMILES string of the molecule is CN(CCC(=O)Nc1ccc(F)cc1F)C1CCS(=O)(=O)C1. The fraction of sp³-hybridized carbons (Fsp3) is 0.500. The summed E-state index contributed by atoms with van der Waals surface area (Å²) >= 11 is 0. The van der Waals surface area contributed by atoms with E-state index in [1.807, 2.05) is 4.90 Å². The number of anilines is 1. The van der Waals surface area contributed by atoms with Gasteiger partial charge in [-0.05, 0) is 25.6 Å². The van der Waals surface area contributed by atoms with Gasteiger partial charge in [-0.25, -0.2) is 17.2 Å². The summed E-state index contributed by atoms with van der Waals surface area (Å²) in [6.07, 6.45) is 0.664. The molecule has 1 N–H and O–H groups in total. The van der Waals surface area contributed by atoms with Gasteiger partial charge < -0.3 is 10.2 Å². The Morgan fingerprint density at radius 2 is 2.14 bits per heavy atom. The number of halogens is 2. The fourth-order valence-electron chi connectivity index (χ4n) is 2.39. The van der Waals surface area contributed by atoms with Gasteiger partial charge in [-0.15, -0.1) is 0 Å². The second-order valence-electron chi connectivity index (χ2n) is 5.46. The number of amides is 1. The number of rotatable bonds is 5. The maximum absolute atomic E-state index is 13.4. The van der Waals surface area contributed by atoms with Gasteiger partial charge in [-0.3, -0.25) is 4.79 Å². The molecule has 1 aromatic carbocycles. The van der Waals surface area contributed by atoms with E-state index in [0.717, 1.165) is 12.1 Å². The summed E-state index contributed by atoms with van der Waals surface area (Å²) < 4.78 is 49.0. The molecule has 22 heavy (non-hydrogen) atoms. The van der Waals surface area contributed by atoms with E-state index in [9.17, 15) is 22.0 Å². The van der Waals surface area contributed by atoms with Crippen molar-refractivity contribution in [2.24, 2.45) is 0 Å². The van der Waals surface area contributed by atoms with Crippen LogP contribution < -0.4 is 5.32 Å². The highest BCUT2D eigenvalue weighted by molar-refractivity contribution is 7.91. The molecule has 0 aromatic heterocycles. The molecule has 1 unspecified atom stereocenters. The first-order valence-corrected chi connectivity index (χ1v) is 8.74. The molecule has 0 saturated carbocycles. The van der Waals surface area contributed by atoms with Crippen molar-refractivity contribution in [1.82, 2.24) is 4.90 Å². The molecule has 1 aliphatic rings. The van der Waals surface area contributed by atoms with E-state index in [0.29, 0.717) is 19.0 Å². The van der Waals surface area contributed by atoms with Crippen LogP contribution in [0.4, 0.5) is 14.5 Å². The monoisotopic (exact) mass is 332 g/mol. The second kappa shape index (κ2) is 6.70. The molecule has 2 rings (SSSR count). The van der Waals surface area contributed by atoms with Gasteiger partial charge in [0.1, 0.15) is 11.6 Å². The van der Waals surface area contributed by atoms with Crippen LogP contribution >= 0.6 is 0 Å². The molecule has 5 nitrogen and oxygen atoms in total. The Morgan fingerprint density at radius 3 is 2.73 bits per heavy atom. The third kappa shape index (κ3) is 4.48. The van der Waals surface area contributed by atoms with Crippen LogP contribution in [0.2, 0.25) is 0 Å². The van der Waals surface area contributed by atoms with E-state index in [1.165, 1.54) is 0 Å². The lowest BCUT2D eigenvalue weighted by Gasteiger charge is -2.22. The Balaban J connectivity index is 1.82. The van der Waals surface area contributed by atoms with E-state index < -0.39 is 27.4 Å². The van der Waals surface area contributed by atoms with Crippen LogP contribution in [-0.4, -0.2) is 50.4 Å². The van der Waals surface area contributed by atoms with E-state index in [4.69, 9.17) is 0 Å². The summed E-state index contributed by atoms with van der Waals surface area (Å²) in [6, 6.07) is 2.84. The molecule has 1 fully saturated rings. The average Bonchev–Trinajstić information content (AvgIpc) is 2.80. The number of carbonyl (C=O) groups excluding carboxylic acids is 1. The maximum Gasteiger partial charge on any atom is 0.225 e. The third-order valence-corrected chi connectivity index (χ3v) is 5.48. The standard InChI is InChI=1S/C14H18F2N2O3S/c1-18(11-5-7-22(20,21)9-11)6-4-14(19)17-13-3-2-10(15)8-12(13)16/h2-3,8,11H,4-7,9H2,1H3,(H,17,19). The summed E-state index contributed by atoms with van der Waals surface area (Å²) in [7, 11) is -1.20. The smallest absolute Gasteiger partial charge is 0.225 e. The molecule has 8 heteroatoms. The summed E-state index contributed by atoms with van der Waals surface area (Å²) in [5, 5.41) is 2.37. The number of sulfone groups is 1.